The van der Waals surface area contributed by atoms with E-state index >= 15 is 0 Å². The number of carbonyl (C=O) groups is 1. The van der Waals surface area contributed by atoms with Gasteiger partial charge in [0.05, 0.1) is 29.1 Å². The molecule has 0 atom stereocenters. The molecule has 0 radical (unpaired) electrons. The molecular formula is C24H22ClFN6O2. The van der Waals surface area contributed by atoms with Gasteiger partial charge < -0.3 is 10.1 Å². The molecule has 5 rings (SSSR count). The minimum absolute atomic E-state index is 0.0658. The second kappa shape index (κ2) is 9.36. The van der Waals surface area contributed by atoms with Gasteiger partial charge >= 0.3 is 0 Å². The summed E-state index contributed by atoms with van der Waals surface area (Å²) < 4.78 is 22.0. The SMILES string of the molecule is Cc1cc(-c2cnn(-c3ccc(F)cc3)c2)cnc1NC(=O)c1c(Cl)cnn1C1CCOCC1. The van der Waals surface area contributed by atoms with Gasteiger partial charge in [-0.2, -0.15) is 10.2 Å². The molecule has 10 heteroatoms. The van der Waals surface area contributed by atoms with E-state index in [0.29, 0.717) is 29.7 Å². The Bertz CT molecular complexity index is 1330. The first kappa shape index (κ1) is 22.2. The maximum Gasteiger partial charge on any atom is 0.276 e. The normalized spacial score (nSPS) is 14.3. The highest BCUT2D eigenvalue weighted by molar-refractivity contribution is 6.34. The van der Waals surface area contributed by atoms with Crippen molar-refractivity contribution in [1.82, 2.24) is 24.5 Å². The lowest BCUT2D eigenvalue weighted by Gasteiger charge is -2.24. The third kappa shape index (κ3) is 4.44. The standard InChI is InChI=1S/C24H22ClFN6O2/c1-15-10-16(17-12-28-31(14-17)19-4-2-18(26)3-5-19)11-27-23(15)30-24(33)22-21(25)13-29-32(22)20-6-8-34-9-7-20/h2-5,10-14,20H,6-9H2,1H3,(H,27,30,33). The highest BCUT2D eigenvalue weighted by atomic mass is 35.5. The first-order valence-electron chi connectivity index (χ1n) is 10.9. The van der Waals surface area contributed by atoms with Crippen LogP contribution in [0.1, 0.15) is 34.9 Å². The molecule has 3 aromatic heterocycles. The number of rotatable bonds is 5. The van der Waals surface area contributed by atoms with Crippen LogP contribution in [0.25, 0.3) is 16.8 Å². The zero-order valence-corrected chi connectivity index (χ0v) is 19.2. The summed E-state index contributed by atoms with van der Waals surface area (Å²) in [4.78, 5) is 17.5. The van der Waals surface area contributed by atoms with Crippen molar-refractivity contribution in [3.63, 3.8) is 0 Å². The maximum absolute atomic E-state index is 13.2. The first-order valence-corrected chi connectivity index (χ1v) is 11.3. The molecule has 1 N–H and O–H groups in total. The van der Waals surface area contributed by atoms with Crippen molar-refractivity contribution in [2.75, 3.05) is 18.5 Å². The van der Waals surface area contributed by atoms with Crippen molar-refractivity contribution < 1.29 is 13.9 Å². The zero-order chi connectivity index (χ0) is 23.7. The van der Waals surface area contributed by atoms with Gasteiger partial charge in [-0.15, -0.1) is 0 Å². The third-order valence-corrected chi connectivity index (χ3v) is 6.10. The molecule has 0 bridgehead atoms. The lowest BCUT2D eigenvalue weighted by atomic mass is 10.1. The van der Waals surface area contributed by atoms with Crippen LogP contribution in [0.15, 0.2) is 55.1 Å². The van der Waals surface area contributed by atoms with Crippen LogP contribution in [0.3, 0.4) is 0 Å². The van der Waals surface area contributed by atoms with Crippen molar-refractivity contribution >= 4 is 23.3 Å². The van der Waals surface area contributed by atoms with E-state index < -0.39 is 0 Å². The molecule has 1 amide bonds. The number of carbonyl (C=O) groups excluding carboxylic acids is 1. The van der Waals surface area contributed by atoms with Crippen molar-refractivity contribution in [3.05, 3.63) is 77.2 Å². The van der Waals surface area contributed by atoms with Crippen molar-refractivity contribution in [2.45, 2.75) is 25.8 Å². The predicted octanol–water partition coefficient (Wildman–Crippen LogP) is 4.84. The largest absolute Gasteiger partial charge is 0.381 e. The van der Waals surface area contributed by atoms with E-state index in [-0.39, 0.29) is 17.8 Å². The Kier molecular flexibility index (Phi) is 6.12. The summed E-state index contributed by atoms with van der Waals surface area (Å²) in [7, 11) is 0. The maximum atomic E-state index is 13.2. The average molecular weight is 481 g/mol. The number of ether oxygens (including phenoxy) is 1. The quantitative estimate of drug-likeness (QED) is 0.442. The molecule has 34 heavy (non-hydrogen) atoms. The summed E-state index contributed by atoms with van der Waals surface area (Å²) in [6.07, 6.45) is 8.27. The van der Waals surface area contributed by atoms with Crippen LogP contribution in [0.2, 0.25) is 5.02 Å². The van der Waals surface area contributed by atoms with Gasteiger partial charge in [-0.1, -0.05) is 11.6 Å². The molecule has 0 saturated carbocycles. The number of aryl methyl sites for hydroxylation is 1. The fourth-order valence-corrected chi connectivity index (χ4v) is 4.21. The predicted molar refractivity (Wildman–Crippen MR) is 126 cm³/mol. The van der Waals surface area contributed by atoms with Crippen LogP contribution in [-0.4, -0.2) is 43.7 Å². The van der Waals surface area contributed by atoms with Gasteiger partial charge in [-0.3, -0.25) is 9.48 Å². The minimum atomic E-state index is -0.360. The molecule has 1 saturated heterocycles. The fourth-order valence-electron chi connectivity index (χ4n) is 4.00. The molecule has 0 aliphatic carbocycles. The Morgan fingerprint density at radius 3 is 2.62 bits per heavy atom. The summed E-state index contributed by atoms with van der Waals surface area (Å²) in [5, 5.41) is 11.8. The van der Waals surface area contributed by atoms with E-state index in [9.17, 15) is 9.18 Å². The van der Waals surface area contributed by atoms with Crippen LogP contribution in [0, 0.1) is 12.7 Å². The van der Waals surface area contributed by atoms with Gasteiger partial charge in [0.2, 0.25) is 0 Å². The Balaban J connectivity index is 1.35. The van der Waals surface area contributed by atoms with E-state index in [4.69, 9.17) is 16.3 Å². The molecule has 0 spiro atoms. The van der Waals surface area contributed by atoms with Crippen LogP contribution in [0.5, 0.6) is 0 Å². The first-order chi connectivity index (χ1) is 16.5. The molecule has 8 nitrogen and oxygen atoms in total. The zero-order valence-electron chi connectivity index (χ0n) is 18.4. The number of nitrogens with zero attached hydrogens (tertiary/aromatic N) is 5. The van der Waals surface area contributed by atoms with Gasteiger partial charge in [0.1, 0.15) is 17.3 Å². The molecule has 4 aromatic rings. The summed E-state index contributed by atoms with van der Waals surface area (Å²) in [5.41, 5.74) is 3.54. The van der Waals surface area contributed by atoms with E-state index in [0.717, 1.165) is 35.2 Å². The smallest absolute Gasteiger partial charge is 0.276 e. The number of halogens is 2. The second-order valence-electron chi connectivity index (χ2n) is 8.12. The highest BCUT2D eigenvalue weighted by Crippen LogP contribution is 2.28. The molecule has 1 aromatic carbocycles. The number of anilines is 1. The van der Waals surface area contributed by atoms with E-state index in [1.807, 2.05) is 19.2 Å². The molecule has 1 aliphatic heterocycles. The number of nitrogens with one attached hydrogen (secondary N) is 1. The minimum Gasteiger partial charge on any atom is -0.381 e. The van der Waals surface area contributed by atoms with Crippen LogP contribution in [0.4, 0.5) is 10.2 Å². The lowest BCUT2D eigenvalue weighted by molar-refractivity contribution is 0.0647. The Labute approximate surface area is 200 Å². The van der Waals surface area contributed by atoms with Crippen LogP contribution in [-0.2, 0) is 4.74 Å². The molecule has 1 aliphatic rings. The van der Waals surface area contributed by atoms with Crippen molar-refractivity contribution in [3.8, 4) is 16.8 Å². The number of amides is 1. The second-order valence-corrected chi connectivity index (χ2v) is 8.53. The molecule has 1 fully saturated rings. The summed E-state index contributed by atoms with van der Waals surface area (Å²) in [6, 6.07) is 8.08. The lowest BCUT2D eigenvalue weighted by Crippen LogP contribution is -2.26. The van der Waals surface area contributed by atoms with Gasteiger partial charge in [0.25, 0.3) is 5.91 Å². The van der Waals surface area contributed by atoms with E-state index in [1.54, 1.807) is 33.9 Å². The van der Waals surface area contributed by atoms with Gasteiger partial charge in [0, 0.05) is 36.7 Å². The Hall–Kier alpha value is -3.56. The van der Waals surface area contributed by atoms with E-state index in [2.05, 4.69) is 20.5 Å². The summed E-state index contributed by atoms with van der Waals surface area (Å²) in [6.45, 7) is 3.13. The monoisotopic (exact) mass is 480 g/mol. The fraction of sp³-hybridized carbons (Fsp3) is 0.250. The Morgan fingerprint density at radius 2 is 1.88 bits per heavy atom. The topological polar surface area (TPSA) is 86.9 Å². The number of aromatic nitrogens is 5. The highest BCUT2D eigenvalue weighted by Gasteiger charge is 2.25. The molecule has 4 heterocycles. The molecule has 0 unspecified atom stereocenters. The van der Waals surface area contributed by atoms with Gasteiger partial charge in [-0.25, -0.2) is 14.1 Å². The van der Waals surface area contributed by atoms with Gasteiger partial charge in [-0.05, 0) is 55.7 Å². The summed E-state index contributed by atoms with van der Waals surface area (Å²) >= 11 is 6.31. The molecular weight excluding hydrogens is 459 g/mol. The number of pyridine rings is 1. The third-order valence-electron chi connectivity index (χ3n) is 5.82. The van der Waals surface area contributed by atoms with Gasteiger partial charge in [0.15, 0.2) is 0 Å². The Morgan fingerprint density at radius 1 is 1.12 bits per heavy atom. The van der Waals surface area contributed by atoms with Crippen molar-refractivity contribution in [2.24, 2.45) is 0 Å². The number of benzene rings is 1. The summed E-state index contributed by atoms with van der Waals surface area (Å²) in [5.74, 6) is -0.220. The average Bonchev–Trinajstić information content (AvgIpc) is 3.49. The van der Waals surface area contributed by atoms with Crippen LogP contribution < -0.4 is 5.32 Å². The number of hydrogen-bond donors (Lipinski definition) is 1. The van der Waals surface area contributed by atoms with Crippen molar-refractivity contribution in [1.29, 1.82) is 0 Å². The van der Waals surface area contributed by atoms with Crippen LogP contribution >= 0.6 is 11.6 Å². The number of hydrogen-bond acceptors (Lipinski definition) is 5. The van der Waals surface area contributed by atoms with E-state index in [1.165, 1.54) is 18.3 Å². The molecule has 174 valence electrons.